The highest BCUT2D eigenvalue weighted by Gasteiger charge is 2.23. The molecule has 4 rings (SSSR count). The molecule has 0 N–H and O–H groups in total. The summed E-state index contributed by atoms with van der Waals surface area (Å²) in [6, 6.07) is 11.5. The second-order valence-electron chi connectivity index (χ2n) is 7.73. The van der Waals surface area contributed by atoms with Crippen molar-refractivity contribution in [2.24, 2.45) is 7.05 Å². The second-order valence-corrected chi connectivity index (χ2v) is 7.73. The fraction of sp³-hybridized carbons (Fsp3) is 0.304. The van der Waals surface area contributed by atoms with Gasteiger partial charge in [-0.1, -0.05) is 12.1 Å². The van der Waals surface area contributed by atoms with Crippen LogP contribution in [0.3, 0.4) is 0 Å². The first-order valence-electron chi connectivity index (χ1n) is 9.92. The summed E-state index contributed by atoms with van der Waals surface area (Å²) in [4.78, 5) is 28.0. The van der Waals surface area contributed by atoms with E-state index in [-0.39, 0.29) is 23.6 Å². The summed E-state index contributed by atoms with van der Waals surface area (Å²) in [5, 5.41) is 13.4. The van der Waals surface area contributed by atoms with Gasteiger partial charge in [0.25, 0.3) is 11.5 Å². The van der Waals surface area contributed by atoms with Gasteiger partial charge in [-0.25, -0.2) is 0 Å². The molecule has 2 aromatic heterocycles. The van der Waals surface area contributed by atoms with Crippen molar-refractivity contribution >= 4 is 5.91 Å². The zero-order valence-electron chi connectivity index (χ0n) is 17.3. The average Bonchev–Trinajstić information content (AvgIpc) is 3.34. The number of fused-ring (bicyclic) bond motifs is 1. The number of carbonyl (C=O) groups is 1. The smallest absolute Gasteiger partial charge is 0.268 e. The van der Waals surface area contributed by atoms with Gasteiger partial charge in [0.15, 0.2) is 0 Å². The van der Waals surface area contributed by atoms with Crippen LogP contribution in [0.2, 0.25) is 0 Å². The Morgan fingerprint density at radius 3 is 2.83 bits per heavy atom. The number of nitriles is 1. The number of carbonyl (C=O) groups excluding carboxylic acids is 1. The molecular formula is C23H23N5O2. The van der Waals surface area contributed by atoms with Crippen LogP contribution in [-0.2, 0) is 26.4 Å². The van der Waals surface area contributed by atoms with E-state index in [1.807, 2.05) is 18.2 Å². The molecule has 0 saturated carbocycles. The van der Waals surface area contributed by atoms with E-state index in [9.17, 15) is 9.59 Å². The summed E-state index contributed by atoms with van der Waals surface area (Å²) >= 11 is 0. The van der Waals surface area contributed by atoms with E-state index in [4.69, 9.17) is 5.26 Å². The standard InChI is InChI=1S/C23H23N5O2/c1-15-10-11-28(20-9-5-7-16-6-4-8-19(16)20)23(30)21(15)22(29)26(2)14-17-12-18(13-24)27(3)25-17/h5,7,9-12H,4,6,8,14H2,1-3H3. The predicted octanol–water partition coefficient (Wildman–Crippen LogP) is 2.51. The van der Waals surface area contributed by atoms with E-state index in [2.05, 4.69) is 17.2 Å². The van der Waals surface area contributed by atoms with Gasteiger partial charge < -0.3 is 4.90 Å². The van der Waals surface area contributed by atoms with Gasteiger partial charge in [0, 0.05) is 20.3 Å². The van der Waals surface area contributed by atoms with Crippen LogP contribution in [0.5, 0.6) is 0 Å². The fourth-order valence-electron chi connectivity index (χ4n) is 4.12. The van der Waals surface area contributed by atoms with Crippen LogP contribution in [-0.4, -0.2) is 32.2 Å². The molecule has 0 fully saturated rings. The number of amides is 1. The van der Waals surface area contributed by atoms with Crippen molar-refractivity contribution in [2.45, 2.75) is 32.7 Å². The molecule has 0 atom stereocenters. The molecule has 152 valence electrons. The first-order chi connectivity index (χ1) is 14.4. The lowest BCUT2D eigenvalue weighted by molar-refractivity contribution is 0.0780. The Kier molecular flexibility index (Phi) is 5.00. The summed E-state index contributed by atoms with van der Waals surface area (Å²) in [5.74, 6) is -0.358. The molecule has 7 nitrogen and oxygen atoms in total. The number of benzene rings is 1. The summed E-state index contributed by atoms with van der Waals surface area (Å²) < 4.78 is 3.07. The number of pyridine rings is 1. The molecule has 0 spiro atoms. The van der Waals surface area contributed by atoms with E-state index < -0.39 is 0 Å². The number of aryl methyl sites for hydroxylation is 3. The lowest BCUT2D eigenvalue weighted by Gasteiger charge is -2.18. The van der Waals surface area contributed by atoms with Gasteiger partial charge in [-0.2, -0.15) is 10.4 Å². The third kappa shape index (κ3) is 3.30. The summed E-state index contributed by atoms with van der Waals surface area (Å²) in [5.41, 5.74) is 4.82. The molecule has 30 heavy (non-hydrogen) atoms. The molecule has 2 heterocycles. The van der Waals surface area contributed by atoms with Crippen LogP contribution >= 0.6 is 0 Å². The van der Waals surface area contributed by atoms with Crippen LogP contribution in [0.4, 0.5) is 0 Å². The van der Waals surface area contributed by atoms with Gasteiger partial charge in [0.1, 0.15) is 17.3 Å². The lowest BCUT2D eigenvalue weighted by Crippen LogP contribution is -2.35. The Morgan fingerprint density at radius 2 is 2.10 bits per heavy atom. The van der Waals surface area contributed by atoms with Crippen molar-refractivity contribution in [3.05, 3.63) is 80.5 Å². The predicted molar refractivity (Wildman–Crippen MR) is 113 cm³/mol. The Hall–Kier alpha value is -3.66. The molecule has 7 heteroatoms. The van der Waals surface area contributed by atoms with E-state index in [0.717, 1.165) is 24.9 Å². The van der Waals surface area contributed by atoms with Gasteiger partial charge in [-0.05, 0) is 61.1 Å². The van der Waals surface area contributed by atoms with Crippen molar-refractivity contribution in [3.63, 3.8) is 0 Å². The Labute approximate surface area is 174 Å². The molecule has 0 aliphatic heterocycles. The largest absolute Gasteiger partial charge is 0.336 e. The third-order valence-corrected chi connectivity index (χ3v) is 5.69. The van der Waals surface area contributed by atoms with Crippen LogP contribution in [0, 0.1) is 18.3 Å². The van der Waals surface area contributed by atoms with E-state index in [1.54, 1.807) is 37.8 Å². The second kappa shape index (κ2) is 7.64. The molecule has 0 saturated heterocycles. The van der Waals surface area contributed by atoms with Crippen molar-refractivity contribution in [1.29, 1.82) is 5.26 Å². The minimum Gasteiger partial charge on any atom is -0.336 e. The summed E-state index contributed by atoms with van der Waals surface area (Å²) in [6.45, 7) is 1.99. The van der Waals surface area contributed by atoms with Crippen LogP contribution in [0.15, 0.2) is 41.3 Å². The molecule has 1 aromatic carbocycles. The number of rotatable bonds is 4. The maximum atomic E-state index is 13.3. The Bertz CT molecular complexity index is 1250. The van der Waals surface area contributed by atoms with Gasteiger partial charge in [0.2, 0.25) is 0 Å². The number of aromatic nitrogens is 3. The van der Waals surface area contributed by atoms with Gasteiger partial charge >= 0.3 is 0 Å². The zero-order valence-corrected chi connectivity index (χ0v) is 17.3. The monoisotopic (exact) mass is 401 g/mol. The molecule has 1 amide bonds. The van der Waals surface area contributed by atoms with Crippen molar-refractivity contribution < 1.29 is 4.79 Å². The van der Waals surface area contributed by atoms with Gasteiger partial charge in [0.05, 0.1) is 17.9 Å². The van der Waals surface area contributed by atoms with E-state index >= 15 is 0 Å². The van der Waals surface area contributed by atoms with Gasteiger partial charge in [-0.3, -0.25) is 18.8 Å². The molecule has 0 bridgehead atoms. The highest BCUT2D eigenvalue weighted by molar-refractivity contribution is 5.95. The lowest BCUT2D eigenvalue weighted by atomic mass is 10.1. The van der Waals surface area contributed by atoms with Crippen molar-refractivity contribution in [3.8, 4) is 11.8 Å². The molecule has 3 aromatic rings. The van der Waals surface area contributed by atoms with Crippen molar-refractivity contribution in [2.75, 3.05) is 7.05 Å². The minimum atomic E-state index is -0.358. The van der Waals surface area contributed by atoms with Gasteiger partial charge in [-0.15, -0.1) is 0 Å². The Balaban J connectivity index is 1.70. The average molecular weight is 401 g/mol. The summed E-state index contributed by atoms with van der Waals surface area (Å²) in [6.07, 6.45) is 4.79. The molecule has 1 aliphatic rings. The normalized spacial score (nSPS) is 12.5. The van der Waals surface area contributed by atoms with E-state index in [1.165, 1.54) is 20.7 Å². The minimum absolute atomic E-state index is 0.159. The van der Waals surface area contributed by atoms with Crippen LogP contribution in [0.1, 0.15) is 44.9 Å². The van der Waals surface area contributed by atoms with E-state index in [0.29, 0.717) is 17.0 Å². The molecule has 1 aliphatic carbocycles. The van der Waals surface area contributed by atoms with Crippen LogP contribution < -0.4 is 5.56 Å². The number of hydrogen-bond acceptors (Lipinski definition) is 4. The molecular weight excluding hydrogens is 378 g/mol. The number of hydrogen-bond donors (Lipinski definition) is 0. The highest BCUT2D eigenvalue weighted by atomic mass is 16.2. The first kappa shape index (κ1) is 19.6. The molecule has 0 radical (unpaired) electrons. The summed E-state index contributed by atoms with van der Waals surface area (Å²) in [7, 11) is 3.32. The maximum Gasteiger partial charge on any atom is 0.268 e. The van der Waals surface area contributed by atoms with Crippen molar-refractivity contribution in [1.82, 2.24) is 19.2 Å². The number of nitrogens with zero attached hydrogens (tertiary/aromatic N) is 5. The zero-order chi connectivity index (χ0) is 21.4. The third-order valence-electron chi connectivity index (χ3n) is 5.69. The Morgan fingerprint density at radius 1 is 1.30 bits per heavy atom. The SMILES string of the molecule is Cc1ccn(-c2cccc3c2CCC3)c(=O)c1C(=O)N(C)Cc1cc(C#N)n(C)n1. The first-order valence-corrected chi connectivity index (χ1v) is 9.92. The molecule has 0 unspecified atom stereocenters. The fourth-order valence-corrected chi connectivity index (χ4v) is 4.12. The highest BCUT2D eigenvalue weighted by Crippen LogP contribution is 2.27. The maximum absolute atomic E-state index is 13.3. The quantitative estimate of drug-likeness (QED) is 0.672. The topological polar surface area (TPSA) is 83.9 Å². The van der Waals surface area contributed by atoms with Crippen LogP contribution in [0.25, 0.3) is 5.69 Å².